The first-order chi connectivity index (χ1) is 8.11. The first-order valence-corrected chi connectivity index (χ1v) is 6.40. The summed E-state index contributed by atoms with van der Waals surface area (Å²) in [4.78, 5) is 14.2. The fourth-order valence-electron chi connectivity index (χ4n) is 2.71. The second kappa shape index (κ2) is 5.33. The van der Waals surface area contributed by atoms with E-state index < -0.39 is 0 Å². The van der Waals surface area contributed by atoms with E-state index in [-0.39, 0.29) is 36.6 Å². The Morgan fingerprint density at radius 1 is 1.53 bits per heavy atom. The Balaban J connectivity index is 1.97. The zero-order chi connectivity index (χ0) is 12.4. The summed E-state index contributed by atoms with van der Waals surface area (Å²) >= 11 is 0. The molecule has 4 atom stereocenters. The molecular weight excluding hydrogens is 220 g/mol. The third-order valence-corrected chi connectivity index (χ3v) is 3.81. The SMILES string of the molecule is CC1COC(CO)CN1C(=O)C1CCC(N)C1. The zero-order valence-corrected chi connectivity index (χ0v) is 10.3. The third kappa shape index (κ3) is 2.78. The Hall–Kier alpha value is -0.650. The van der Waals surface area contributed by atoms with Crippen LogP contribution in [0, 0.1) is 5.92 Å². The van der Waals surface area contributed by atoms with Gasteiger partial charge >= 0.3 is 0 Å². The third-order valence-electron chi connectivity index (χ3n) is 3.81. The summed E-state index contributed by atoms with van der Waals surface area (Å²) in [5.74, 6) is 0.261. The zero-order valence-electron chi connectivity index (χ0n) is 10.3. The maximum Gasteiger partial charge on any atom is 0.226 e. The number of aliphatic hydroxyl groups is 1. The van der Waals surface area contributed by atoms with Crippen molar-refractivity contribution in [3.05, 3.63) is 0 Å². The van der Waals surface area contributed by atoms with Crippen molar-refractivity contribution >= 4 is 5.91 Å². The maximum atomic E-state index is 12.4. The number of amides is 1. The fourth-order valence-corrected chi connectivity index (χ4v) is 2.71. The van der Waals surface area contributed by atoms with Gasteiger partial charge in [0.15, 0.2) is 0 Å². The molecular formula is C12H22N2O3. The molecule has 0 bridgehead atoms. The van der Waals surface area contributed by atoms with Crippen molar-refractivity contribution in [2.24, 2.45) is 11.7 Å². The van der Waals surface area contributed by atoms with Crippen LogP contribution in [0.2, 0.25) is 0 Å². The molecule has 4 unspecified atom stereocenters. The second-order valence-electron chi connectivity index (χ2n) is 5.25. The fraction of sp³-hybridized carbons (Fsp3) is 0.917. The highest BCUT2D eigenvalue weighted by Gasteiger charge is 2.36. The van der Waals surface area contributed by atoms with E-state index in [9.17, 15) is 4.79 Å². The lowest BCUT2D eigenvalue weighted by atomic mass is 10.0. The van der Waals surface area contributed by atoms with Crippen molar-refractivity contribution < 1.29 is 14.6 Å². The molecule has 98 valence electrons. The minimum Gasteiger partial charge on any atom is -0.394 e. The molecule has 5 nitrogen and oxygen atoms in total. The Bertz CT molecular complexity index is 285. The molecule has 1 saturated carbocycles. The van der Waals surface area contributed by atoms with Gasteiger partial charge in [0.25, 0.3) is 0 Å². The molecule has 0 aromatic carbocycles. The van der Waals surface area contributed by atoms with Gasteiger partial charge in [0.2, 0.25) is 5.91 Å². The smallest absolute Gasteiger partial charge is 0.226 e. The van der Waals surface area contributed by atoms with Gasteiger partial charge in [-0.05, 0) is 26.2 Å². The lowest BCUT2D eigenvalue weighted by molar-refractivity contribution is -0.150. The Morgan fingerprint density at radius 3 is 2.88 bits per heavy atom. The molecule has 0 spiro atoms. The minimum atomic E-state index is -0.231. The summed E-state index contributed by atoms with van der Waals surface area (Å²) in [6, 6.07) is 0.274. The molecule has 2 rings (SSSR count). The number of aliphatic hydroxyl groups excluding tert-OH is 1. The Kier molecular flexibility index (Phi) is 4.01. The highest BCUT2D eigenvalue weighted by atomic mass is 16.5. The predicted octanol–water partition coefficient (Wildman–Crippen LogP) is -0.278. The number of nitrogens with zero attached hydrogens (tertiary/aromatic N) is 1. The van der Waals surface area contributed by atoms with Crippen LogP contribution in [0.25, 0.3) is 0 Å². The molecule has 0 aromatic heterocycles. The Morgan fingerprint density at radius 2 is 2.29 bits per heavy atom. The van der Waals surface area contributed by atoms with Crippen LogP contribution in [-0.2, 0) is 9.53 Å². The molecule has 2 fully saturated rings. The van der Waals surface area contributed by atoms with Crippen LogP contribution in [-0.4, -0.2) is 53.9 Å². The lowest BCUT2D eigenvalue weighted by Gasteiger charge is -2.38. The van der Waals surface area contributed by atoms with E-state index in [2.05, 4.69) is 0 Å². The van der Waals surface area contributed by atoms with Crippen molar-refractivity contribution in [2.75, 3.05) is 19.8 Å². The van der Waals surface area contributed by atoms with E-state index in [1.54, 1.807) is 0 Å². The van der Waals surface area contributed by atoms with E-state index in [0.29, 0.717) is 13.2 Å². The van der Waals surface area contributed by atoms with Crippen LogP contribution in [0.3, 0.4) is 0 Å². The van der Waals surface area contributed by atoms with Crippen LogP contribution >= 0.6 is 0 Å². The van der Waals surface area contributed by atoms with Gasteiger partial charge < -0.3 is 20.5 Å². The molecule has 1 heterocycles. The van der Waals surface area contributed by atoms with Crippen LogP contribution in [0.5, 0.6) is 0 Å². The molecule has 1 aliphatic carbocycles. The first-order valence-electron chi connectivity index (χ1n) is 6.40. The molecule has 2 aliphatic rings. The lowest BCUT2D eigenvalue weighted by Crippen LogP contribution is -2.53. The van der Waals surface area contributed by atoms with E-state index in [1.165, 1.54) is 0 Å². The van der Waals surface area contributed by atoms with Crippen molar-refractivity contribution in [1.82, 2.24) is 4.90 Å². The van der Waals surface area contributed by atoms with Crippen LogP contribution in [0.4, 0.5) is 0 Å². The summed E-state index contributed by atoms with van der Waals surface area (Å²) < 4.78 is 5.43. The molecule has 17 heavy (non-hydrogen) atoms. The number of carbonyl (C=O) groups is 1. The van der Waals surface area contributed by atoms with Gasteiger partial charge in [-0.3, -0.25) is 4.79 Å². The van der Waals surface area contributed by atoms with Gasteiger partial charge in [0, 0.05) is 18.5 Å². The number of hydrogen-bond donors (Lipinski definition) is 2. The van der Waals surface area contributed by atoms with E-state index in [1.807, 2.05) is 11.8 Å². The topological polar surface area (TPSA) is 75.8 Å². The quantitative estimate of drug-likeness (QED) is 0.698. The predicted molar refractivity (Wildman–Crippen MR) is 63.3 cm³/mol. The number of morpholine rings is 1. The van der Waals surface area contributed by atoms with Crippen LogP contribution in [0.1, 0.15) is 26.2 Å². The van der Waals surface area contributed by atoms with Crippen LogP contribution in [0.15, 0.2) is 0 Å². The van der Waals surface area contributed by atoms with Gasteiger partial charge in [0.1, 0.15) is 0 Å². The molecule has 1 amide bonds. The van der Waals surface area contributed by atoms with E-state index >= 15 is 0 Å². The normalized spacial score (nSPS) is 38.4. The van der Waals surface area contributed by atoms with E-state index in [0.717, 1.165) is 19.3 Å². The molecule has 3 N–H and O–H groups in total. The molecule has 1 aliphatic heterocycles. The van der Waals surface area contributed by atoms with Crippen molar-refractivity contribution in [2.45, 2.75) is 44.4 Å². The molecule has 0 aromatic rings. The van der Waals surface area contributed by atoms with Gasteiger partial charge in [0.05, 0.1) is 25.4 Å². The van der Waals surface area contributed by atoms with Crippen molar-refractivity contribution in [3.8, 4) is 0 Å². The summed E-state index contributed by atoms with van der Waals surface area (Å²) in [5.41, 5.74) is 5.85. The average Bonchev–Trinajstić information content (AvgIpc) is 2.76. The second-order valence-corrected chi connectivity index (χ2v) is 5.25. The largest absolute Gasteiger partial charge is 0.394 e. The first kappa shape index (κ1) is 12.8. The number of rotatable bonds is 2. The van der Waals surface area contributed by atoms with Crippen molar-refractivity contribution in [3.63, 3.8) is 0 Å². The number of hydrogen-bond acceptors (Lipinski definition) is 4. The van der Waals surface area contributed by atoms with Gasteiger partial charge in [-0.15, -0.1) is 0 Å². The number of carbonyl (C=O) groups excluding carboxylic acids is 1. The van der Waals surface area contributed by atoms with Gasteiger partial charge in [-0.1, -0.05) is 0 Å². The summed E-state index contributed by atoms with van der Waals surface area (Å²) in [6.07, 6.45) is 2.41. The van der Waals surface area contributed by atoms with Gasteiger partial charge in [-0.25, -0.2) is 0 Å². The summed E-state index contributed by atoms with van der Waals surface area (Å²) in [5, 5.41) is 9.10. The number of ether oxygens (including phenoxy) is 1. The minimum absolute atomic E-state index is 0.0271. The maximum absolute atomic E-state index is 12.4. The van der Waals surface area contributed by atoms with Crippen molar-refractivity contribution in [1.29, 1.82) is 0 Å². The summed E-state index contributed by atoms with van der Waals surface area (Å²) in [7, 11) is 0. The standard InChI is InChI=1S/C12H22N2O3/c1-8-7-17-11(6-15)5-14(8)12(16)9-2-3-10(13)4-9/h8-11,15H,2-7,13H2,1H3. The van der Waals surface area contributed by atoms with E-state index in [4.69, 9.17) is 15.6 Å². The number of nitrogens with two attached hydrogens (primary N) is 1. The highest BCUT2D eigenvalue weighted by Crippen LogP contribution is 2.27. The molecule has 5 heteroatoms. The summed E-state index contributed by atoms with van der Waals surface area (Å²) in [6.45, 7) is 2.97. The molecule has 0 radical (unpaired) electrons. The monoisotopic (exact) mass is 242 g/mol. The van der Waals surface area contributed by atoms with Crippen LogP contribution < -0.4 is 5.73 Å². The Labute approximate surface area is 102 Å². The average molecular weight is 242 g/mol. The molecule has 1 saturated heterocycles. The highest BCUT2D eigenvalue weighted by molar-refractivity contribution is 5.79. The van der Waals surface area contributed by atoms with Gasteiger partial charge in [-0.2, -0.15) is 0 Å².